The maximum atomic E-state index is 12.9. The number of ether oxygens (including phenoxy) is 1. The number of piperazine rings is 1. The largest absolute Gasteiger partial charge is 0.495 e. The van der Waals surface area contributed by atoms with Crippen LogP contribution in [0.15, 0.2) is 72.0 Å². The van der Waals surface area contributed by atoms with Gasteiger partial charge in [0, 0.05) is 44.8 Å². The third-order valence-electron chi connectivity index (χ3n) is 5.69. The van der Waals surface area contributed by atoms with E-state index in [0.29, 0.717) is 18.9 Å². The molecule has 3 aromatic rings. The van der Waals surface area contributed by atoms with E-state index in [2.05, 4.69) is 27.5 Å². The van der Waals surface area contributed by atoms with Gasteiger partial charge in [-0.25, -0.2) is 9.48 Å². The molecule has 2 aromatic carbocycles. The van der Waals surface area contributed by atoms with Gasteiger partial charge in [0.05, 0.1) is 19.3 Å². The van der Waals surface area contributed by atoms with E-state index in [1.807, 2.05) is 48.5 Å². The van der Waals surface area contributed by atoms with Gasteiger partial charge in [0.15, 0.2) is 5.82 Å². The first-order valence-electron chi connectivity index (χ1n) is 10.7. The summed E-state index contributed by atoms with van der Waals surface area (Å²) in [6.45, 7) is 9.31. The van der Waals surface area contributed by atoms with Crippen LogP contribution in [0.5, 0.6) is 5.75 Å². The zero-order valence-corrected chi connectivity index (χ0v) is 18.0. The summed E-state index contributed by atoms with van der Waals surface area (Å²) in [6.07, 6.45) is 1.73. The van der Waals surface area contributed by atoms with E-state index >= 15 is 0 Å². The average Bonchev–Trinajstić information content (AvgIpc) is 3.14. The highest BCUT2D eigenvalue weighted by Gasteiger charge is 2.20. The van der Waals surface area contributed by atoms with Crippen molar-refractivity contribution >= 4 is 5.69 Å². The number of allylic oxidation sites excluding steroid dienone is 1. The summed E-state index contributed by atoms with van der Waals surface area (Å²) in [5.41, 5.74) is 1.98. The van der Waals surface area contributed by atoms with E-state index in [1.165, 1.54) is 0 Å². The highest BCUT2D eigenvalue weighted by molar-refractivity contribution is 5.58. The predicted molar refractivity (Wildman–Crippen MR) is 124 cm³/mol. The Morgan fingerprint density at radius 3 is 2.42 bits per heavy atom. The molecule has 0 unspecified atom stereocenters. The Morgan fingerprint density at radius 2 is 1.71 bits per heavy atom. The highest BCUT2D eigenvalue weighted by Crippen LogP contribution is 2.28. The van der Waals surface area contributed by atoms with Crippen molar-refractivity contribution in [2.45, 2.75) is 13.1 Å². The van der Waals surface area contributed by atoms with Gasteiger partial charge in [-0.3, -0.25) is 9.47 Å². The van der Waals surface area contributed by atoms with Gasteiger partial charge in [-0.05, 0) is 12.1 Å². The zero-order valence-electron chi connectivity index (χ0n) is 18.0. The number of benzene rings is 2. The molecule has 1 aliphatic heterocycles. The van der Waals surface area contributed by atoms with E-state index in [-0.39, 0.29) is 5.69 Å². The highest BCUT2D eigenvalue weighted by atomic mass is 16.5. The molecule has 0 saturated carbocycles. The van der Waals surface area contributed by atoms with Gasteiger partial charge < -0.3 is 9.64 Å². The molecule has 1 aliphatic rings. The molecule has 7 heteroatoms. The molecular formula is C24H29N5O2. The number of hydrogen-bond acceptors (Lipinski definition) is 5. The predicted octanol–water partition coefficient (Wildman–Crippen LogP) is 2.73. The van der Waals surface area contributed by atoms with Crippen molar-refractivity contribution in [2.75, 3.05) is 44.7 Å². The van der Waals surface area contributed by atoms with E-state index < -0.39 is 0 Å². The first-order chi connectivity index (χ1) is 15.2. The number of hydrogen-bond donors (Lipinski definition) is 0. The summed E-state index contributed by atoms with van der Waals surface area (Å²) in [7, 11) is 1.71. The number of anilines is 1. The average molecular weight is 420 g/mol. The lowest BCUT2D eigenvalue weighted by Crippen LogP contribution is -2.47. The molecule has 0 bridgehead atoms. The van der Waals surface area contributed by atoms with Crippen molar-refractivity contribution in [1.82, 2.24) is 19.2 Å². The van der Waals surface area contributed by atoms with Gasteiger partial charge >= 0.3 is 5.69 Å². The Hall–Kier alpha value is -3.32. The molecule has 31 heavy (non-hydrogen) atoms. The lowest BCUT2D eigenvalue weighted by atomic mass is 10.2. The molecule has 0 aliphatic carbocycles. The molecule has 7 nitrogen and oxygen atoms in total. The van der Waals surface area contributed by atoms with Gasteiger partial charge in [-0.15, -0.1) is 11.7 Å². The minimum atomic E-state index is -0.0913. The van der Waals surface area contributed by atoms with Gasteiger partial charge in [0.25, 0.3) is 0 Å². The van der Waals surface area contributed by atoms with Crippen molar-refractivity contribution in [2.24, 2.45) is 0 Å². The van der Waals surface area contributed by atoms with Crippen LogP contribution in [-0.4, -0.2) is 59.1 Å². The second kappa shape index (κ2) is 9.66. The third kappa shape index (κ3) is 4.56. The summed E-state index contributed by atoms with van der Waals surface area (Å²) in [5, 5.41) is 4.63. The van der Waals surface area contributed by atoms with E-state index in [9.17, 15) is 4.79 Å². The fraction of sp³-hybridized carbons (Fsp3) is 0.333. The van der Waals surface area contributed by atoms with Crippen LogP contribution in [0.4, 0.5) is 5.69 Å². The van der Waals surface area contributed by atoms with Crippen LogP contribution in [0.3, 0.4) is 0 Å². The Labute approximate surface area is 182 Å². The number of para-hydroxylation sites is 2. The molecular weight excluding hydrogens is 390 g/mol. The molecule has 0 spiro atoms. The van der Waals surface area contributed by atoms with Crippen molar-refractivity contribution in [3.05, 3.63) is 77.7 Å². The number of nitrogens with zero attached hydrogens (tertiary/aromatic N) is 5. The minimum absolute atomic E-state index is 0.0913. The third-order valence-corrected chi connectivity index (χ3v) is 5.69. The Balaban J connectivity index is 1.41. The first kappa shape index (κ1) is 20.9. The van der Waals surface area contributed by atoms with Gasteiger partial charge in [0.2, 0.25) is 0 Å². The van der Waals surface area contributed by atoms with Crippen LogP contribution >= 0.6 is 0 Å². The smallest absolute Gasteiger partial charge is 0.346 e. The maximum Gasteiger partial charge on any atom is 0.346 e. The van der Waals surface area contributed by atoms with Crippen LogP contribution in [-0.2, 0) is 13.1 Å². The normalized spacial score (nSPS) is 14.5. The molecule has 2 heterocycles. The monoisotopic (exact) mass is 419 g/mol. The second-order valence-electron chi connectivity index (χ2n) is 7.60. The summed E-state index contributed by atoms with van der Waals surface area (Å²) in [6, 6.07) is 18.0. The lowest BCUT2D eigenvalue weighted by molar-refractivity contribution is 0.242. The van der Waals surface area contributed by atoms with Gasteiger partial charge in [0.1, 0.15) is 5.75 Å². The zero-order chi connectivity index (χ0) is 21.6. The standard InChI is InChI=1S/C24H29N5O2/c1-3-13-28-23(20-9-5-4-6-10-20)25-29(24(28)30)19-16-26-14-17-27(18-15-26)21-11-7-8-12-22(21)31-2/h3-12H,1,13-19H2,2H3. The van der Waals surface area contributed by atoms with Gasteiger partial charge in [-0.1, -0.05) is 48.5 Å². The molecule has 1 aromatic heterocycles. The van der Waals surface area contributed by atoms with Crippen LogP contribution in [0.1, 0.15) is 0 Å². The summed E-state index contributed by atoms with van der Waals surface area (Å²) in [4.78, 5) is 17.6. The van der Waals surface area contributed by atoms with Crippen molar-refractivity contribution in [1.29, 1.82) is 0 Å². The van der Waals surface area contributed by atoms with Crippen molar-refractivity contribution in [3.8, 4) is 17.1 Å². The molecule has 0 amide bonds. The molecule has 162 valence electrons. The van der Waals surface area contributed by atoms with E-state index in [4.69, 9.17) is 4.74 Å². The minimum Gasteiger partial charge on any atom is -0.495 e. The molecule has 0 atom stereocenters. The number of methoxy groups -OCH3 is 1. The Bertz CT molecular complexity index is 1070. The second-order valence-corrected chi connectivity index (χ2v) is 7.60. The topological polar surface area (TPSA) is 55.5 Å². The lowest BCUT2D eigenvalue weighted by Gasteiger charge is -2.36. The summed E-state index contributed by atoms with van der Waals surface area (Å²) >= 11 is 0. The van der Waals surface area contributed by atoms with Gasteiger partial charge in [-0.2, -0.15) is 0 Å². The SMILES string of the molecule is C=CCn1c(-c2ccccc2)nn(CCN2CCN(c3ccccc3OC)CC2)c1=O. The van der Waals surface area contributed by atoms with E-state index in [0.717, 1.165) is 49.7 Å². The van der Waals surface area contributed by atoms with Crippen LogP contribution in [0, 0.1) is 0 Å². The summed E-state index contributed by atoms with van der Waals surface area (Å²) in [5.74, 6) is 1.59. The molecule has 0 N–H and O–H groups in total. The molecule has 4 rings (SSSR count). The fourth-order valence-corrected chi connectivity index (χ4v) is 4.02. The van der Waals surface area contributed by atoms with Crippen molar-refractivity contribution in [3.63, 3.8) is 0 Å². The Morgan fingerprint density at radius 1 is 1.00 bits per heavy atom. The van der Waals surface area contributed by atoms with Crippen molar-refractivity contribution < 1.29 is 4.74 Å². The Kier molecular flexibility index (Phi) is 6.52. The first-order valence-corrected chi connectivity index (χ1v) is 10.7. The van der Waals surface area contributed by atoms with Crippen LogP contribution in [0.25, 0.3) is 11.4 Å². The molecule has 1 fully saturated rings. The van der Waals surface area contributed by atoms with E-state index in [1.54, 1.807) is 22.4 Å². The molecule has 0 radical (unpaired) electrons. The maximum absolute atomic E-state index is 12.9. The fourth-order valence-electron chi connectivity index (χ4n) is 4.02. The van der Waals surface area contributed by atoms with Crippen LogP contribution < -0.4 is 15.3 Å². The number of aromatic nitrogens is 3. The number of rotatable bonds is 8. The quantitative estimate of drug-likeness (QED) is 0.526. The molecule has 1 saturated heterocycles. The summed E-state index contributed by atoms with van der Waals surface area (Å²) < 4.78 is 8.77. The van der Waals surface area contributed by atoms with Crippen LogP contribution in [0.2, 0.25) is 0 Å².